The molecule has 0 atom stereocenters. The quantitative estimate of drug-likeness (QED) is 0.803. The number of anilines is 1. The van der Waals surface area contributed by atoms with Gasteiger partial charge in [0.2, 0.25) is 0 Å². The topological polar surface area (TPSA) is 66.9 Å². The predicted octanol–water partition coefficient (Wildman–Crippen LogP) is 1.97. The third-order valence-corrected chi connectivity index (χ3v) is 3.33. The highest BCUT2D eigenvalue weighted by molar-refractivity contribution is 5.92. The van der Waals surface area contributed by atoms with E-state index in [1.54, 1.807) is 13.2 Å². The second-order valence-corrected chi connectivity index (χ2v) is 4.70. The molecule has 1 fully saturated rings. The molecule has 18 heavy (non-hydrogen) atoms. The van der Waals surface area contributed by atoms with Gasteiger partial charge in [0.05, 0.1) is 12.4 Å². The number of nitrogens with zero attached hydrogens (tertiary/aromatic N) is 2. The predicted molar refractivity (Wildman–Crippen MR) is 70.5 cm³/mol. The Morgan fingerprint density at radius 1 is 1.17 bits per heavy atom. The van der Waals surface area contributed by atoms with Gasteiger partial charge >= 0.3 is 0 Å². The van der Waals surface area contributed by atoms with Crippen molar-refractivity contribution in [1.29, 1.82) is 0 Å². The number of aromatic nitrogens is 2. The maximum absolute atomic E-state index is 12.0. The van der Waals surface area contributed by atoms with Crippen molar-refractivity contribution >= 4 is 11.7 Å². The molecule has 0 radical (unpaired) electrons. The SMILES string of the molecule is CNc1cnc(C(=O)NC2CCCCCC2)cn1. The van der Waals surface area contributed by atoms with Crippen molar-refractivity contribution in [3.8, 4) is 0 Å². The van der Waals surface area contributed by atoms with Crippen molar-refractivity contribution in [2.24, 2.45) is 0 Å². The van der Waals surface area contributed by atoms with Crippen LogP contribution in [-0.2, 0) is 0 Å². The molecule has 1 aliphatic rings. The van der Waals surface area contributed by atoms with Crippen LogP contribution >= 0.6 is 0 Å². The summed E-state index contributed by atoms with van der Waals surface area (Å²) in [6.07, 6.45) is 10.2. The van der Waals surface area contributed by atoms with Crippen LogP contribution in [0.2, 0.25) is 0 Å². The smallest absolute Gasteiger partial charge is 0.271 e. The molecule has 5 heteroatoms. The standard InChI is InChI=1S/C13H20N4O/c1-14-12-9-15-11(8-16-12)13(18)17-10-6-4-2-3-5-7-10/h8-10H,2-7H2,1H3,(H,14,16)(H,17,18). The average Bonchev–Trinajstić information content (AvgIpc) is 2.67. The zero-order chi connectivity index (χ0) is 12.8. The van der Waals surface area contributed by atoms with Gasteiger partial charge in [-0.2, -0.15) is 0 Å². The lowest BCUT2D eigenvalue weighted by Gasteiger charge is -2.15. The van der Waals surface area contributed by atoms with Gasteiger partial charge in [0, 0.05) is 13.1 Å². The number of hydrogen-bond donors (Lipinski definition) is 2. The van der Waals surface area contributed by atoms with E-state index in [0.717, 1.165) is 12.8 Å². The van der Waals surface area contributed by atoms with Crippen LogP contribution in [0.3, 0.4) is 0 Å². The van der Waals surface area contributed by atoms with E-state index in [1.807, 2.05) is 0 Å². The van der Waals surface area contributed by atoms with Gasteiger partial charge in [0.1, 0.15) is 11.5 Å². The lowest BCUT2D eigenvalue weighted by Crippen LogP contribution is -2.34. The fourth-order valence-corrected chi connectivity index (χ4v) is 2.26. The molecule has 1 aromatic heterocycles. The first-order chi connectivity index (χ1) is 8.79. The Hall–Kier alpha value is -1.65. The van der Waals surface area contributed by atoms with Crippen LogP contribution in [0.4, 0.5) is 5.82 Å². The summed E-state index contributed by atoms with van der Waals surface area (Å²) in [5, 5.41) is 5.93. The number of carbonyl (C=O) groups excluding carboxylic acids is 1. The zero-order valence-corrected chi connectivity index (χ0v) is 10.8. The van der Waals surface area contributed by atoms with Crippen LogP contribution in [0.1, 0.15) is 49.0 Å². The molecule has 0 saturated heterocycles. The van der Waals surface area contributed by atoms with E-state index in [4.69, 9.17) is 0 Å². The fourth-order valence-electron chi connectivity index (χ4n) is 2.26. The molecular formula is C13H20N4O. The summed E-state index contributed by atoms with van der Waals surface area (Å²) in [5.41, 5.74) is 0.387. The van der Waals surface area contributed by atoms with E-state index < -0.39 is 0 Å². The summed E-state index contributed by atoms with van der Waals surface area (Å²) >= 11 is 0. The number of hydrogen-bond acceptors (Lipinski definition) is 4. The molecule has 1 aliphatic carbocycles. The van der Waals surface area contributed by atoms with Crippen LogP contribution in [0.25, 0.3) is 0 Å². The van der Waals surface area contributed by atoms with Crippen molar-refractivity contribution in [2.45, 2.75) is 44.6 Å². The number of carbonyl (C=O) groups is 1. The number of nitrogens with one attached hydrogen (secondary N) is 2. The molecule has 2 N–H and O–H groups in total. The van der Waals surface area contributed by atoms with Crippen molar-refractivity contribution in [1.82, 2.24) is 15.3 Å². The van der Waals surface area contributed by atoms with Crippen LogP contribution in [0.15, 0.2) is 12.4 Å². The molecule has 1 aromatic rings. The number of rotatable bonds is 3. The van der Waals surface area contributed by atoms with E-state index >= 15 is 0 Å². The second-order valence-electron chi connectivity index (χ2n) is 4.70. The van der Waals surface area contributed by atoms with Crippen molar-refractivity contribution in [3.05, 3.63) is 18.1 Å². The van der Waals surface area contributed by atoms with E-state index in [1.165, 1.54) is 31.9 Å². The van der Waals surface area contributed by atoms with E-state index in [2.05, 4.69) is 20.6 Å². The largest absolute Gasteiger partial charge is 0.372 e. The third-order valence-electron chi connectivity index (χ3n) is 3.33. The van der Waals surface area contributed by atoms with E-state index in [9.17, 15) is 4.79 Å². The highest BCUT2D eigenvalue weighted by Crippen LogP contribution is 2.17. The molecule has 1 amide bonds. The molecule has 1 saturated carbocycles. The second kappa shape index (κ2) is 6.33. The summed E-state index contributed by atoms with van der Waals surface area (Å²) in [4.78, 5) is 20.2. The van der Waals surface area contributed by atoms with Crippen LogP contribution < -0.4 is 10.6 Å². The Morgan fingerprint density at radius 3 is 2.44 bits per heavy atom. The van der Waals surface area contributed by atoms with Gasteiger partial charge in [-0.1, -0.05) is 25.7 Å². The van der Waals surface area contributed by atoms with E-state index in [-0.39, 0.29) is 5.91 Å². The van der Waals surface area contributed by atoms with Crippen LogP contribution in [0, 0.1) is 0 Å². The first-order valence-electron chi connectivity index (χ1n) is 6.60. The van der Waals surface area contributed by atoms with Crippen LogP contribution in [-0.4, -0.2) is 29.0 Å². The molecule has 0 bridgehead atoms. The molecule has 2 rings (SSSR count). The normalized spacial score (nSPS) is 16.9. The Kier molecular flexibility index (Phi) is 4.50. The van der Waals surface area contributed by atoms with Gasteiger partial charge in [0.15, 0.2) is 0 Å². The minimum atomic E-state index is -0.114. The van der Waals surface area contributed by atoms with Crippen molar-refractivity contribution < 1.29 is 4.79 Å². The Morgan fingerprint density at radius 2 is 1.89 bits per heavy atom. The molecular weight excluding hydrogens is 228 g/mol. The summed E-state index contributed by atoms with van der Waals surface area (Å²) in [6.45, 7) is 0. The van der Waals surface area contributed by atoms with Gasteiger partial charge in [-0.3, -0.25) is 4.79 Å². The van der Waals surface area contributed by atoms with Crippen molar-refractivity contribution in [2.75, 3.05) is 12.4 Å². The van der Waals surface area contributed by atoms with Gasteiger partial charge in [-0.25, -0.2) is 9.97 Å². The summed E-state index contributed by atoms with van der Waals surface area (Å²) in [7, 11) is 1.77. The fraction of sp³-hybridized carbons (Fsp3) is 0.615. The lowest BCUT2D eigenvalue weighted by molar-refractivity contribution is 0.0928. The Bertz CT molecular complexity index is 382. The molecule has 5 nitrogen and oxygen atoms in total. The van der Waals surface area contributed by atoms with Gasteiger partial charge in [0.25, 0.3) is 5.91 Å². The maximum atomic E-state index is 12.0. The maximum Gasteiger partial charge on any atom is 0.271 e. The molecule has 0 unspecified atom stereocenters. The summed E-state index contributed by atoms with van der Waals surface area (Å²) < 4.78 is 0. The highest BCUT2D eigenvalue weighted by atomic mass is 16.1. The monoisotopic (exact) mass is 248 g/mol. The first-order valence-corrected chi connectivity index (χ1v) is 6.60. The van der Waals surface area contributed by atoms with Crippen molar-refractivity contribution in [3.63, 3.8) is 0 Å². The lowest BCUT2D eigenvalue weighted by atomic mass is 10.1. The average molecular weight is 248 g/mol. The molecule has 0 spiro atoms. The molecule has 0 aliphatic heterocycles. The minimum Gasteiger partial charge on any atom is -0.372 e. The molecule has 1 heterocycles. The zero-order valence-electron chi connectivity index (χ0n) is 10.8. The number of amides is 1. The summed E-state index contributed by atoms with van der Waals surface area (Å²) in [5.74, 6) is 0.554. The first kappa shape index (κ1) is 12.8. The van der Waals surface area contributed by atoms with Crippen LogP contribution in [0.5, 0.6) is 0 Å². The molecule has 98 valence electrons. The minimum absolute atomic E-state index is 0.114. The van der Waals surface area contributed by atoms with Gasteiger partial charge < -0.3 is 10.6 Å². The molecule has 0 aromatic carbocycles. The Balaban J connectivity index is 1.93. The Labute approximate surface area is 107 Å². The highest BCUT2D eigenvalue weighted by Gasteiger charge is 2.16. The summed E-state index contributed by atoms with van der Waals surface area (Å²) in [6, 6.07) is 0.297. The van der Waals surface area contributed by atoms with Gasteiger partial charge in [-0.05, 0) is 12.8 Å². The van der Waals surface area contributed by atoms with Gasteiger partial charge in [-0.15, -0.1) is 0 Å². The van der Waals surface area contributed by atoms with E-state index in [0.29, 0.717) is 17.6 Å². The third kappa shape index (κ3) is 3.42.